The third-order valence-electron chi connectivity index (χ3n) is 2.06. The largest absolute Gasteiger partial charge is 0.511 e. The third kappa shape index (κ3) is 1.69. The Bertz CT molecular complexity index is 519. The number of benzene rings is 2. The summed E-state index contributed by atoms with van der Waals surface area (Å²) in [5.74, 6) is 0.319. The molecular weight excluding hydrogens is 196 g/mol. The van der Waals surface area contributed by atoms with Crippen LogP contribution in [-0.4, -0.2) is 16.4 Å². The molecule has 76 valence electrons. The van der Waals surface area contributed by atoms with Gasteiger partial charge in [0.05, 0.1) is 0 Å². The van der Waals surface area contributed by atoms with Gasteiger partial charge in [0.25, 0.3) is 0 Å². The maximum Gasteiger partial charge on any atom is 0.511 e. The van der Waals surface area contributed by atoms with Gasteiger partial charge in [0.1, 0.15) is 11.5 Å². The van der Waals surface area contributed by atoms with Crippen molar-refractivity contribution < 1.29 is 19.7 Å². The van der Waals surface area contributed by atoms with Crippen LogP contribution in [0, 0.1) is 0 Å². The number of phenolic OH excluding ortho intramolecular Hbond substituents is 1. The topological polar surface area (TPSA) is 66.8 Å². The molecule has 2 N–H and O–H groups in total. The van der Waals surface area contributed by atoms with Crippen LogP contribution >= 0.6 is 0 Å². The molecule has 0 aliphatic carbocycles. The van der Waals surface area contributed by atoms with Crippen LogP contribution in [-0.2, 0) is 0 Å². The average molecular weight is 204 g/mol. The predicted octanol–water partition coefficient (Wildman–Crippen LogP) is 2.60. The summed E-state index contributed by atoms with van der Waals surface area (Å²) in [5.41, 5.74) is 0. The van der Waals surface area contributed by atoms with Gasteiger partial charge in [-0.25, -0.2) is 4.79 Å². The van der Waals surface area contributed by atoms with Crippen LogP contribution < -0.4 is 4.74 Å². The maximum atomic E-state index is 10.4. The monoisotopic (exact) mass is 204 g/mol. The van der Waals surface area contributed by atoms with Crippen LogP contribution in [0.4, 0.5) is 4.79 Å². The van der Waals surface area contributed by atoms with E-state index in [4.69, 9.17) is 5.11 Å². The van der Waals surface area contributed by atoms with Crippen molar-refractivity contribution in [1.29, 1.82) is 0 Å². The fourth-order valence-electron chi connectivity index (χ4n) is 1.45. The van der Waals surface area contributed by atoms with Crippen molar-refractivity contribution in [2.24, 2.45) is 0 Å². The Morgan fingerprint density at radius 2 is 1.73 bits per heavy atom. The van der Waals surface area contributed by atoms with E-state index in [1.54, 1.807) is 24.3 Å². The molecule has 0 aliphatic rings. The van der Waals surface area contributed by atoms with Gasteiger partial charge in [0.15, 0.2) is 0 Å². The predicted molar refractivity (Wildman–Crippen MR) is 54.3 cm³/mol. The lowest BCUT2D eigenvalue weighted by molar-refractivity contribution is 0.145. The Balaban J connectivity index is 2.65. The Labute approximate surface area is 85.3 Å². The lowest BCUT2D eigenvalue weighted by Crippen LogP contribution is -2.03. The van der Waals surface area contributed by atoms with Crippen LogP contribution in [0.2, 0.25) is 0 Å². The molecule has 0 amide bonds. The number of fused-ring (bicyclic) bond motifs is 1. The first-order valence-electron chi connectivity index (χ1n) is 4.30. The van der Waals surface area contributed by atoms with Gasteiger partial charge < -0.3 is 14.9 Å². The first-order chi connectivity index (χ1) is 7.18. The van der Waals surface area contributed by atoms with E-state index in [1.807, 2.05) is 0 Å². The fraction of sp³-hybridized carbons (Fsp3) is 0. The minimum absolute atomic E-state index is 0.100. The zero-order chi connectivity index (χ0) is 10.8. The first-order valence-corrected chi connectivity index (χ1v) is 4.30. The summed E-state index contributed by atoms with van der Waals surface area (Å²) < 4.78 is 4.59. The fourth-order valence-corrected chi connectivity index (χ4v) is 1.45. The number of phenols is 1. The summed E-state index contributed by atoms with van der Waals surface area (Å²) in [7, 11) is 0. The first kappa shape index (κ1) is 9.33. The Morgan fingerprint density at radius 3 is 2.47 bits per heavy atom. The summed E-state index contributed by atoms with van der Waals surface area (Å²) in [5, 5.41) is 19.2. The van der Waals surface area contributed by atoms with Crippen molar-refractivity contribution in [3.8, 4) is 11.5 Å². The quantitative estimate of drug-likeness (QED) is 0.553. The molecule has 4 heteroatoms. The van der Waals surface area contributed by atoms with E-state index in [9.17, 15) is 9.90 Å². The molecular formula is C11H8O4. The van der Waals surface area contributed by atoms with Gasteiger partial charge in [-0.15, -0.1) is 0 Å². The van der Waals surface area contributed by atoms with Crippen molar-refractivity contribution in [3.63, 3.8) is 0 Å². The number of aromatic hydroxyl groups is 1. The molecule has 0 saturated heterocycles. The van der Waals surface area contributed by atoms with Crippen LogP contribution in [0.5, 0.6) is 11.5 Å². The SMILES string of the molecule is O=C(O)Oc1cccc2c(O)cccc12. The van der Waals surface area contributed by atoms with E-state index < -0.39 is 6.16 Å². The normalized spacial score (nSPS) is 10.1. The van der Waals surface area contributed by atoms with E-state index in [0.29, 0.717) is 10.8 Å². The van der Waals surface area contributed by atoms with E-state index in [0.717, 1.165) is 0 Å². The summed E-state index contributed by atoms with van der Waals surface area (Å²) in [4.78, 5) is 10.4. The van der Waals surface area contributed by atoms with E-state index in [2.05, 4.69) is 4.74 Å². The van der Waals surface area contributed by atoms with Crippen LogP contribution in [0.1, 0.15) is 0 Å². The smallest absolute Gasteiger partial charge is 0.507 e. The molecule has 0 aliphatic heterocycles. The van der Waals surface area contributed by atoms with Gasteiger partial charge in [-0.2, -0.15) is 0 Å². The number of rotatable bonds is 1. The van der Waals surface area contributed by atoms with E-state index >= 15 is 0 Å². The van der Waals surface area contributed by atoms with Gasteiger partial charge in [0, 0.05) is 10.8 Å². The molecule has 4 nitrogen and oxygen atoms in total. The highest BCUT2D eigenvalue weighted by Gasteiger charge is 2.07. The molecule has 0 aromatic heterocycles. The van der Waals surface area contributed by atoms with Crippen molar-refractivity contribution in [2.45, 2.75) is 0 Å². The molecule has 0 heterocycles. The lowest BCUT2D eigenvalue weighted by Gasteiger charge is -2.05. The number of hydrogen-bond donors (Lipinski definition) is 2. The highest BCUT2D eigenvalue weighted by molar-refractivity contribution is 5.93. The molecule has 2 rings (SSSR count). The molecule has 15 heavy (non-hydrogen) atoms. The highest BCUT2D eigenvalue weighted by atomic mass is 16.7. The molecule has 0 bridgehead atoms. The molecule has 0 spiro atoms. The summed E-state index contributed by atoms with van der Waals surface area (Å²) in [6.07, 6.45) is -1.37. The molecule has 2 aromatic carbocycles. The van der Waals surface area contributed by atoms with E-state index in [1.165, 1.54) is 12.1 Å². The summed E-state index contributed by atoms with van der Waals surface area (Å²) >= 11 is 0. The molecule has 0 fully saturated rings. The third-order valence-corrected chi connectivity index (χ3v) is 2.06. The zero-order valence-corrected chi connectivity index (χ0v) is 7.68. The van der Waals surface area contributed by atoms with E-state index in [-0.39, 0.29) is 11.5 Å². The minimum Gasteiger partial charge on any atom is -0.507 e. The molecule has 0 saturated carbocycles. The zero-order valence-electron chi connectivity index (χ0n) is 7.68. The van der Waals surface area contributed by atoms with Gasteiger partial charge >= 0.3 is 6.16 Å². The van der Waals surface area contributed by atoms with Crippen molar-refractivity contribution in [2.75, 3.05) is 0 Å². The van der Waals surface area contributed by atoms with Crippen molar-refractivity contribution in [1.82, 2.24) is 0 Å². The Kier molecular flexibility index (Phi) is 2.17. The molecule has 0 atom stereocenters. The molecule has 2 aromatic rings. The molecule has 0 radical (unpaired) electrons. The minimum atomic E-state index is -1.37. The second-order valence-corrected chi connectivity index (χ2v) is 3.00. The van der Waals surface area contributed by atoms with Crippen molar-refractivity contribution in [3.05, 3.63) is 36.4 Å². The Hall–Kier alpha value is -2.23. The Morgan fingerprint density at radius 1 is 1.07 bits per heavy atom. The standard InChI is InChI=1S/C11H8O4/c12-9-5-1-4-8-7(9)3-2-6-10(8)15-11(13)14/h1-6,12H,(H,13,14). The van der Waals surface area contributed by atoms with Crippen molar-refractivity contribution >= 4 is 16.9 Å². The highest BCUT2D eigenvalue weighted by Crippen LogP contribution is 2.31. The number of carbonyl (C=O) groups is 1. The number of carboxylic acid groups (broad SMARTS) is 1. The van der Waals surface area contributed by atoms with Gasteiger partial charge in [-0.3, -0.25) is 0 Å². The van der Waals surface area contributed by atoms with Gasteiger partial charge in [-0.05, 0) is 12.1 Å². The lowest BCUT2D eigenvalue weighted by atomic mass is 10.1. The number of ether oxygens (including phenoxy) is 1. The van der Waals surface area contributed by atoms with Crippen LogP contribution in [0.3, 0.4) is 0 Å². The van der Waals surface area contributed by atoms with Crippen LogP contribution in [0.25, 0.3) is 10.8 Å². The van der Waals surface area contributed by atoms with Gasteiger partial charge in [-0.1, -0.05) is 24.3 Å². The van der Waals surface area contributed by atoms with Crippen LogP contribution in [0.15, 0.2) is 36.4 Å². The molecule has 0 unspecified atom stereocenters. The summed E-state index contributed by atoms with van der Waals surface area (Å²) in [6.45, 7) is 0. The number of hydrogen-bond acceptors (Lipinski definition) is 3. The van der Waals surface area contributed by atoms with Gasteiger partial charge in [0.2, 0.25) is 0 Å². The second kappa shape index (κ2) is 3.49. The average Bonchev–Trinajstić information content (AvgIpc) is 2.19. The maximum absolute atomic E-state index is 10.4. The second-order valence-electron chi connectivity index (χ2n) is 3.00. The summed E-state index contributed by atoms with van der Waals surface area (Å²) in [6, 6.07) is 9.71.